The summed E-state index contributed by atoms with van der Waals surface area (Å²) in [5.41, 5.74) is 0. The van der Waals surface area contributed by atoms with E-state index in [-0.39, 0.29) is 23.7 Å². The Hall–Kier alpha value is 0.200. The molecule has 5 heteroatoms. The monoisotopic (exact) mass is 312 g/mol. The van der Waals surface area contributed by atoms with Crippen LogP contribution in [0.25, 0.3) is 0 Å². The molecule has 0 aliphatic carbocycles. The highest BCUT2D eigenvalue weighted by Crippen LogP contribution is 2.18. The SMILES string of the molecule is CCCCCCC(C)OCC(CS(=O)(=O)Cl)C(C)C. The summed E-state index contributed by atoms with van der Waals surface area (Å²) >= 11 is 0. The molecule has 0 bridgehead atoms. The zero-order valence-electron chi connectivity index (χ0n) is 12.7. The van der Waals surface area contributed by atoms with Crippen LogP contribution >= 0.6 is 10.7 Å². The van der Waals surface area contributed by atoms with Crippen molar-refractivity contribution in [3.63, 3.8) is 0 Å². The van der Waals surface area contributed by atoms with Gasteiger partial charge in [-0.15, -0.1) is 0 Å². The van der Waals surface area contributed by atoms with Crippen LogP contribution in [-0.4, -0.2) is 26.9 Å². The molecule has 0 spiro atoms. The molecular formula is C14H29ClO3S. The molecule has 0 N–H and O–H groups in total. The first-order valence-electron chi connectivity index (χ1n) is 7.30. The third-order valence-electron chi connectivity index (χ3n) is 3.41. The first kappa shape index (κ1) is 19.2. The average molecular weight is 313 g/mol. The molecule has 116 valence electrons. The molecule has 0 saturated carbocycles. The van der Waals surface area contributed by atoms with Crippen molar-refractivity contribution in [1.29, 1.82) is 0 Å². The molecule has 0 aromatic rings. The van der Waals surface area contributed by atoms with E-state index in [1.807, 2.05) is 13.8 Å². The molecular weight excluding hydrogens is 284 g/mol. The maximum Gasteiger partial charge on any atom is 0.232 e. The maximum atomic E-state index is 11.1. The van der Waals surface area contributed by atoms with Gasteiger partial charge in [0.15, 0.2) is 0 Å². The lowest BCUT2D eigenvalue weighted by molar-refractivity contribution is 0.0287. The third kappa shape index (κ3) is 11.7. The fourth-order valence-electron chi connectivity index (χ4n) is 1.92. The topological polar surface area (TPSA) is 43.4 Å². The summed E-state index contributed by atoms with van der Waals surface area (Å²) in [4.78, 5) is 0. The van der Waals surface area contributed by atoms with Gasteiger partial charge in [-0.3, -0.25) is 0 Å². The highest BCUT2D eigenvalue weighted by atomic mass is 35.7. The minimum absolute atomic E-state index is 0.00518. The Morgan fingerprint density at radius 2 is 1.74 bits per heavy atom. The van der Waals surface area contributed by atoms with Gasteiger partial charge in [0.2, 0.25) is 9.05 Å². The van der Waals surface area contributed by atoms with E-state index in [4.69, 9.17) is 15.4 Å². The Bertz CT molecular complexity index is 315. The normalized spacial score (nSPS) is 15.7. The first-order valence-corrected chi connectivity index (χ1v) is 9.78. The summed E-state index contributed by atoms with van der Waals surface area (Å²) in [6, 6.07) is 0. The van der Waals surface area contributed by atoms with Crippen LogP contribution in [0.15, 0.2) is 0 Å². The molecule has 0 heterocycles. The van der Waals surface area contributed by atoms with E-state index in [9.17, 15) is 8.42 Å². The van der Waals surface area contributed by atoms with Crippen molar-refractivity contribution >= 4 is 19.7 Å². The Morgan fingerprint density at radius 1 is 1.11 bits per heavy atom. The minimum Gasteiger partial charge on any atom is -0.378 e. The largest absolute Gasteiger partial charge is 0.378 e. The van der Waals surface area contributed by atoms with Crippen molar-refractivity contribution in [1.82, 2.24) is 0 Å². The number of halogens is 1. The van der Waals surface area contributed by atoms with Crippen molar-refractivity contribution in [2.75, 3.05) is 12.4 Å². The number of hydrogen-bond donors (Lipinski definition) is 0. The van der Waals surface area contributed by atoms with Crippen LogP contribution in [0.4, 0.5) is 0 Å². The van der Waals surface area contributed by atoms with Gasteiger partial charge in [0.25, 0.3) is 0 Å². The predicted molar refractivity (Wildman–Crippen MR) is 82.1 cm³/mol. The van der Waals surface area contributed by atoms with Crippen molar-refractivity contribution in [3.8, 4) is 0 Å². The fraction of sp³-hybridized carbons (Fsp3) is 1.00. The van der Waals surface area contributed by atoms with Crippen molar-refractivity contribution in [2.24, 2.45) is 11.8 Å². The highest BCUT2D eigenvalue weighted by Gasteiger charge is 2.21. The highest BCUT2D eigenvalue weighted by molar-refractivity contribution is 8.13. The zero-order chi connectivity index (χ0) is 14.9. The van der Waals surface area contributed by atoms with E-state index >= 15 is 0 Å². The van der Waals surface area contributed by atoms with Gasteiger partial charge in [0, 0.05) is 10.7 Å². The minimum atomic E-state index is -3.45. The van der Waals surface area contributed by atoms with Crippen LogP contribution in [0.2, 0.25) is 0 Å². The smallest absolute Gasteiger partial charge is 0.232 e. The predicted octanol–water partition coefficient (Wildman–Crippen LogP) is 4.20. The summed E-state index contributed by atoms with van der Waals surface area (Å²) in [5.74, 6) is 0.218. The Balaban J connectivity index is 3.97. The van der Waals surface area contributed by atoms with Crippen molar-refractivity contribution in [3.05, 3.63) is 0 Å². The molecule has 0 aromatic heterocycles. The molecule has 0 aliphatic heterocycles. The molecule has 0 aliphatic rings. The van der Waals surface area contributed by atoms with Crippen LogP contribution in [-0.2, 0) is 13.8 Å². The van der Waals surface area contributed by atoms with Gasteiger partial charge >= 0.3 is 0 Å². The lowest BCUT2D eigenvalue weighted by atomic mass is 9.99. The van der Waals surface area contributed by atoms with Gasteiger partial charge in [0.05, 0.1) is 18.5 Å². The van der Waals surface area contributed by atoms with Crippen LogP contribution in [0.1, 0.15) is 59.8 Å². The molecule has 0 fully saturated rings. The van der Waals surface area contributed by atoms with E-state index in [1.165, 1.54) is 25.7 Å². The Labute approximate surface area is 123 Å². The lowest BCUT2D eigenvalue weighted by Crippen LogP contribution is -2.25. The quantitative estimate of drug-likeness (QED) is 0.424. The second-order valence-electron chi connectivity index (χ2n) is 5.70. The van der Waals surface area contributed by atoms with E-state index in [0.29, 0.717) is 6.61 Å². The van der Waals surface area contributed by atoms with E-state index in [0.717, 1.165) is 6.42 Å². The zero-order valence-corrected chi connectivity index (χ0v) is 14.3. The van der Waals surface area contributed by atoms with Crippen LogP contribution in [0, 0.1) is 11.8 Å². The number of hydrogen-bond acceptors (Lipinski definition) is 3. The fourth-order valence-corrected chi connectivity index (χ4v) is 3.40. The molecule has 3 nitrogen and oxygen atoms in total. The van der Waals surface area contributed by atoms with E-state index in [1.54, 1.807) is 0 Å². The van der Waals surface area contributed by atoms with Gasteiger partial charge in [-0.2, -0.15) is 0 Å². The van der Waals surface area contributed by atoms with Gasteiger partial charge in [-0.05, 0) is 25.2 Å². The Kier molecular flexibility index (Phi) is 10.1. The second-order valence-corrected chi connectivity index (χ2v) is 8.52. The van der Waals surface area contributed by atoms with Crippen LogP contribution in [0.5, 0.6) is 0 Å². The molecule has 0 radical (unpaired) electrons. The van der Waals surface area contributed by atoms with Gasteiger partial charge in [0.1, 0.15) is 0 Å². The summed E-state index contributed by atoms with van der Waals surface area (Å²) in [7, 11) is 1.87. The summed E-state index contributed by atoms with van der Waals surface area (Å²) < 4.78 is 28.1. The standard InChI is InChI=1S/C14H29ClO3S/c1-5-6-7-8-9-13(4)18-10-14(12(2)3)11-19(15,16)17/h12-14H,5-11H2,1-4H3. The number of ether oxygens (including phenoxy) is 1. The molecule has 0 rings (SSSR count). The third-order valence-corrected chi connectivity index (χ3v) is 4.62. The Morgan fingerprint density at radius 3 is 2.21 bits per heavy atom. The molecule has 2 atom stereocenters. The molecule has 0 amide bonds. The molecule has 2 unspecified atom stereocenters. The van der Waals surface area contributed by atoms with Gasteiger partial charge < -0.3 is 4.74 Å². The van der Waals surface area contributed by atoms with Crippen molar-refractivity contribution in [2.45, 2.75) is 65.9 Å². The number of unbranched alkanes of at least 4 members (excludes halogenated alkanes) is 3. The second kappa shape index (κ2) is 10.0. The van der Waals surface area contributed by atoms with Crippen LogP contribution in [0.3, 0.4) is 0 Å². The lowest BCUT2D eigenvalue weighted by Gasteiger charge is -2.22. The molecule has 0 aromatic carbocycles. The molecule has 19 heavy (non-hydrogen) atoms. The average Bonchev–Trinajstić information content (AvgIpc) is 2.28. The van der Waals surface area contributed by atoms with Gasteiger partial charge in [-0.1, -0.05) is 46.5 Å². The van der Waals surface area contributed by atoms with E-state index < -0.39 is 9.05 Å². The van der Waals surface area contributed by atoms with E-state index in [2.05, 4.69) is 13.8 Å². The van der Waals surface area contributed by atoms with Crippen LogP contribution < -0.4 is 0 Å². The summed E-state index contributed by atoms with van der Waals surface area (Å²) in [6.45, 7) is 8.72. The first-order chi connectivity index (χ1) is 8.76. The van der Waals surface area contributed by atoms with Gasteiger partial charge in [-0.25, -0.2) is 8.42 Å². The molecule has 0 saturated heterocycles. The number of rotatable bonds is 11. The van der Waals surface area contributed by atoms with Crippen molar-refractivity contribution < 1.29 is 13.2 Å². The summed E-state index contributed by atoms with van der Waals surface area (Å²) in [5, 5.41) is 0. The maximum absolute atomic E-state index is 11.1. The summed E-state index contributed by atoms with van der Waals surface area (Å²) in [6.07, 6.45) is 6.15.